The third-order valence-corrected chi connectivity index (χ3v) is 2.90. The number of halogens is 1. The van der Waals surface area contributed by atoms with Crippen molar-refractivity contribution in [3.8, 4) is 0 Å². The molecular formula is C11H12ClN5O2. The van der Waals surface area contributed by atoms with E-state index in [0.29, 0.717) is 0 Å². The highest BCUT2D eigenvalue weighted by atomic mass is 35.5. The Morgan fingerprint density at radius 3 is 2.89 bits per heavy atom. The Balaban J connectivity index is 2.35. The van der Waals surface area contributed by atoms with Crippen LogP contribution in [0.3, 0.4) is 0 Å². The fraction of sp³-hybridized carbons (Fsp3) is 0.364. The van der Waals surface area contributed by atoms with Crippen LogP contribution in [-0.4, -0.2) is 24.4 Å². The van der Waals surface area contributed by atoms with Crippen molar-refractivity contribution >= 4 is 17.3 Å². The van der Waals surface area contributed by atoms with E-state index >= 15 is 0 Å². The van der Waals surface area contributed by atoms with Crippen molar-refractivity contribution in [2.24, 2.45) is 0 Å². The zero-order chi connectivity index (χ0) is 13.8. The van der Waals surface area contributed by atoms with Gasteiger partial charge in [0.1, 0.15) is 17.8 Å². The lowest BCUT2D eigenvalue weighted by Crippen LogP contribution is -2.07. The molecule has 0 saturated heterocycles. The van der Waals surface area contributed by atoms with Crippen molar-refractivity contribution < 1.29 is 4.92 Å². The lowest BCUT2D eigenvalue weighted by molar-refractivity contribution is -0.386. The summed E-state index contributed by atoms with van der Waals surface area (Å²) in [5.41, 5.74) is 0.0174. The van der Waals surface area contributed by atoms with E-state index in [0.717, 1.165) is 18.8 Å². The number of rotatable bonds is 5. The molecule has 2 rings (SSSR count). The predicted octanol–water partition coefficient (Wildman–Crippen LogP) is 2.24. The van der Waals surface area contributed by atoms with E-state index in [-0.39, 0.29) is 23.0 Å². The van der Waals surface area contributed by atoms with E-state index in [1.54, 1.807) is 6.20 Å². The maximum atomic E-state index is 11.0. The number of nitrogens with zero attached hydrogens (tertiary/aromatic N) is 5. The zero-order valence-electron chi connectivity index (χ0n) is 10.3. The van der Waals surface area contributed by atoms with E-state index in [4.69, 9.17) is 11.6 Å². The van der Waals surface area contributed by atoms with Crippen molar-refractivity contribution in [1.82, 2.24) is 19.5 Å². The second-order valence-electron chi connectivity index (χ2n) is 3.93. The minimum absolute atomic E-state index is 0.149. The molecule has 0 spiro atoms. The molecule has 0 N–H and O–H groups in total. The van der Waals surface area contributed by atoms with Crippen molar-refractivity contribution in [2.45, 2.75) is 26.3 Å². The van der Waals surface area contributed by atoms with Crippen LogP contribution in [0.4, 0.5) is 5.69 Å². The van der Waals surface area contributed by atoms with Gasteiger partial charge in [0, 0.05) is 18.9 Å². The van der Waals surface area contributed by atoms with Gasteiger partial charge in [0.25, 0.3) is 0 Å². The van der Waals surface area contributed by atoms with Crippen molar-refractivity contribution in [3.05, 3.63) is 45.5 Å². The molecule has 0 radical (unpaired) electrons. The summed E-state index contributed by atoms with van der Waals surface area (Å²) in [4.78, 5) is 22.2. The first-order valence-corrected chi connectivity index (χ1v) is 6.15. The molecule has 0 amide bonds. The smallest absolute Gasteiger partial charge is 0.328 e. The highest BCUT2D eigenvalue weighted by molar-refractivity contribution is 6.31. The van der Waals surface area contributed by atoms with Gasteiger partial charge in [-0.15, -0.1) is 0 Å². The zero-order valence-corrected chi connectivity index (χ0v) is 11.0. The van der Waals surface area contributed by atoms with Crippen LogP contribution in [0.2, 0.25) is 5.15 Å². The van der Waals surface area contributed by atoms with E-state index in [1.165, 1.54) is 6.33 Å². The van der Waals surface area contributed by atoms with Gasteiger partial charge in [-0.1, -0.05) is 18.5 Å². The molecule has 0 aromatic carbocycles. The van der Waals surface area contributed by atoms with Gasteiger partial charge >= 0.3 is 5.69 Å². The molecule has 0 fully saturated rings. The number of aryl methyl sites for hydroxylation is 1. The topological polar surface area (TPSA) is 86.7 Å². The van der Waals surface area contributed by atoms with Crippen LogP contribution < -0.4 is 0 Å². The third-order valence-electron chi connectivity index (χ3n) is 2.63. The van der Waals surface area contributed by atoms with Crippen LogP contribution in [-0.2, 0) is 13.0 Å². The molecule has 0 unspecified atom stereocenters. The number of aromatic nitrogens is 4. The molecule has 2 heterocycles. The first kappa shape index (κ1) is 13.4. The third kappa shape index (κ3) is 2.87. The molecular weight excluding hydrogens is 270 g/mol. The van der Waals surface area contributed by atoms with E-state index in [2.05, 4.69) is 15.0 Å². The van der Waals surface area contributed by atoms with E-state index in [9.17, 15) is 10.1 Å². The van der Waals surface area contributed by atoms with Gasteiger partial charge in [-0.2, -0.15) is 0 Å². The molecule has 2 aromatic heterocycles. The van der Waals surface area contributed by atoms with Crippen molar-refractivity contribution in [3.63, 3.8) is 0 Å². The Bertz CT molecular complexity index is 599. The molecule has 0 aliphatic rings. The van der Waals surface area contributed by atoms with Crippen LogP contribution in [0.25, 0.3) is 0 Å². The molecule has 7 nitrogen and oxygen atoms in total. The molecule has 19 heavy (non-hydrogen) atoms. The lowest BCUT2D eigenvalue weighted by Gasteiger charge is -2.06. The van der Waals surface area contributed by atoms with Crippen molar-refractivity contribution in [1.29, 1.82) is 0 Å². The SMILES string of the molecule is CCCn1ccnc1Cc1ncnc(Cl)c1[N+](=O)[O-]. The standard InChI is InChI=1S/C11H12ClN5O2/c1-2-4-16-5-3-13-9(16)6-8-10(17(18)19)11(12)15-7-14-8/h3,5,7H,2,4,6H2,1H3. The van der Waals surface area contributed by atoms with Gasteiger partial charge in [-0.3, -0.25) is 10.1 Å². The summed E-state index contributed by atoms with van der Waals surface area (Å²) in [6.45, 7) is 2.86. The Kier molecular flexibility index (Phi) is 4.06. The fourth-order valence-corrected chi connectivity index (χ4v) is 2.02. The number of hydrogen-bond donors (Lipinski definition) is 0. The van der Waals surface area contributed by atoms with E-state index in [1.807, 2.05) is 17.7 Å². The van der Waals surface area contributed by atoms with Crippen LogP contribution >= 0.6 is 11.6 Å². The summed E-state index contributed by atoms with van der Waals surface area (Å²) < 4.78 is 1.94. The Labute approximate surface area is 114 Å². The molecule has 0 atom stereocenters. The largest absolute Gasteiger partial charge is 0.335 e. The number of nitro groups is 1. The second kappa shape index (κ2) is 5.75. The summed E-state index contributed by atoms with van der Waals surface area (Å²) in [5, 5.41) is 10.8. The molecule has 2 aromatic rings. The lowest BCUT2D eigenvalue weighted by atomic mass is 10.2. The first-order chi connectivity index (χ1) is 9.13. The molecule has 0 bridgehead atoms. The average Bonchev–Trinajstić information content (AvgIpc) is 2.77. The summed E-state index contributed by atoms with van der Waals surface area (Å²) in [6, 6.07) is 0. The molecule has 0 aliphatic carbocycles. The van der Waals surface area contributed by atoms with Gasteiger partial charge in [0.05, 0.1) is 11.3 Å². The molecule has 0 saturated carbocycles. The minimum Gasteiger partial charge on any atom is -0.335 e. The number of imidazole rings is 1. The van der Waals surface area contributed by atoms with Gasteiger partial charge in [-0.05, 0) is 6.42 Å². The summed E-state index contributed by atoms with van der Waals surface area (Å²) in [7, 11) is 0. The number of hydrogen-bond acceptors (Lipinski definition) is 5. The van der Waals surface area contributed by atoms with Gasteiger partial charge in [0.2, 0.25) is 5.15 Å². The first-order valence-electron chi connectivity index (χ1n) is 5.77. The van der Waals surface area contributed by atoms with Gasteiger partial charge < -0.3 is 4.57 Å². The van der Waals surface area contributed by atoms with Crippen molar-refractivity contribution in [2.75, 3.05) is 0 Å². The summed E-state index contributed by atoms with van der Waals surface area (Å²) >= 11 is 5.75. The molecule has 100 valence electrons. The quantitative estimate of drug-likeness (QED) is 0.476. The maximum Gasteiger partial charge on any atom is 0.328 e. The Hall–Kier alpha value is -2.02. The minimum atomic E-state index is -0.565. The van der Waals surface area contributed by atoms with Crippen LogP contribution in [0.5, 0.6) is 0 Å². The summed E-state index contributed by atoms with van der Waals surface area (Å²) in [5.74, 6) is 0.722. The Morgan fingerprint density at radius 1 is 1.42 bits per heavy atom. The van der Waals surface area contributed by atoms with Crippen LogP contribution in [0.15, 0.2) is 18.7 Å². The summed E-state index contributed by atoms with van der Waals surface area (Å²) in [6.07, 6.45) is 5.94. The highest BCUT2D eigenvalue weighted by Gasteiger charge is 2.22. The maximum absolute atomic E-state index is 11.0. The highest BCUT2D eigenvalue weighted by Crippen LogP contribution is 2.25. The predicted molar refractivity (Wildman–Crippen MR) is 69.0 cm³/mol. The average molecular weight is 282 g/mol. The van der Waals surface area contributed by atoms with Gasteiger partial charge in [0.15, 0.2) is 0 Å². The van der Waals surface area contributed by atoms with E-state index < -0.39 is 4.92 Å². The van der Waals surface area contributed by atoms with Crippen LogP contribution in [0, 0.1) is 10.1 Å². The normalized spacial score (nSPS) is 10.6. The molecule has 0 aliphatic heterocycles. The monoisotopic (exact) mass is 281 g/mol. The Morgan fingerprint density at radius 2 is 2.21 bits per heavy atom. The molecule has 8 heteroatoms. The second-order valence-corrected chi connectivity index (χ2v) is 4.29. The van der Waals surface area contributed by atoms with Gasteiger partial charge in [-0.25, -0.2) is 15.0 Å². The van der Waals surface area contributed by atoms with Crippen LogP contribution in [0.1, 0.15) is 24.9 Å². The fourth-order valence-electron chi connectivity index (χ4n) is 1.80.